The zero-order valence-electron chi connectivity index (χ0n) is 12.3. The topological polar surface area (TPSA) is 96.9 Å². The van der Waals surface area contributed by atoms with Crippen molar-refractivity contribution in [2.45, 2.75) is 6.04 Å². The second-order valence-corrected chi connectivity index (χ2v) is 6.84. The summed E-state index contributed by atoms with van der Waals surface area (Å²) >= 11 is 0. The molecule has 1 atom stereocenters. The maximum absolute atomic E-state index is 12.4. The molecule has 1 aromatic heterocycles. The molecule has 0 spiro atoms. The molecule has 1 amide bonds. The van der Waals surface area contributed by atoms with Crippen LogP contribution in [0, 0.1) is 0 Å². The van der Waals surface area contributed by atoms with Crippen LogP contribution in [0.15, 0.2) is 24.5 Å². The minimum absolute atomic E-state index is 0.0462. The first-order valence-electron chi connectivity index (χ1n) is 6.58. The van der Waals surface area contributed by atoms with E-state index in [1.54, 1.807) is 18.3 Å². The van der Waals surface area contributed by atoms with Crippen LogP contribution in [-0.4, -0.2) is 73.5 Å². The van der Waals surface area contributed by atoms with E-state index in [2.05, 4.69) is 9.72 Å². The Kier molecular flexibility index (Phi) is 4.77. The lowest BCUT2D eigenvalue weighted by molar-refractivity contribution is -0.146. The molecule has 9 heteroatoms. The van der Waals surface area contributed by atoms with Crippen LogP contribution in [0.1, 0.15) is 10.4 Å². The van der Waals surface area contributed by atoms with Crippen molar-refractivity contribution in [1.29, 1.82) is 0 Å². The van der Waals surface area contributed by atoms with Gasteiger partial charge >= 0.3 is 5.97 Å². The van der Waals surface area contributed by atoms with Gasteiger partial charge in [0.2, 0.25) is 10.0 Å². The number of carbonyl (C=O) groups excluding carboxylic acids is 2. The van der Waals surface area contributed by atoms with E-state index in [1.807, 2.05) is 0 Å². The fraction of sp³-hybridized carbons (Fsp3) is 0.462. The summed E-state index contributed by atoms with van der Waals surface area (Å²) in [5.74, 6) is -0.982. The first kappa shape index (κ1) is 16.4. The summed E-state index contributed by atoms with van der Waals surface area (Å²) < 4.78 is 29.3. The summed E-state index contributed by atoms with van der Waals surface area (Å²) in [7, 11) is -2.38. The van der Waals surface area contributed by atoms with Gasteiger partial charge in [0.1, 0.15) is 6.04 Å². The monoisotopic (exact) mass is 327 g/mol. The van der Waals surface area contributed by atoms with Gasteiger partial charge in [0.15, 0.2) is 0 Å². The Morgan fingerprint density at radius 3 is 2.64 bits per heavy atom. The Labute approximate surface area is 128 Å². The smallest absolute Gasteiger partial charge is 0.326 e. The molecule has 1 saturated heterocycles. The summed E-state index contributed by atoms with van der Waals surface area (Å²) in [6, 6.07) is 2.22. The summed E-state index contributed by atoms with van der Waals surface area (Å²) in [5, 5.41) is 0. The Morgan fingerprint density at radius 1 is 1.36 bits per heavy atom. The molecule has 2 rings (SSSR count). The first-order chi connectivity index (χ1) is 10.3. The van der Waals surface area contributed by atoms with Gasteiger partial charge in [-0.15, -0.1) is 0 Å². The van der Waals surface area contributed by atoms with Gasteiger partial charge in [-0.25, -0.2) is 8.42 Å². The van der Waals surface area contributed by atoms with E-state index in [-0.39, 0.29) is 25.5 Å². The molecule has 1 fully saturated rings. The van der Waals surface area contributed by atoms with Crippen molar-refractivity contribution in [3.05, 3.63) is 30.1 Å². The molecule has 2 heterocycles. The molecule has 120 valence electrons. The predicted octanol–water partition coefficient (Wildman–Crippen LogP) is -0.659. The molecule has 1 aliphatic rings. The van der Waals surface area contributed by atoms with E-state index < -0.39 is 22.0 Å². The third-order valence-corrected chi connectivity index (χ3v) is 4.72. The zero-order chi connectivity index (χ0) is 16.3. The van der Waals surface area contributed by atoms with Crippen molar-refractivity contribution >= 4 is 21.9 Å². The normalized spacial score (nSPS) is 19.7. The van der Waals surface area contributed by atoms with E-state index in [0.29, 0.717) is 5.56 Å². The number of hydrogen-bond acceptors (Lipinski definition) is 6. The third-order valence-electron chi connectivity index (χ3n) is 3.43. The minimum Gasteiger partial charge on any atom is -0.468 e. The molecule has 1 aromatic rings. The fourth-order valence-electron chi connectivity index (χ4n) is 2.35. The van der Waals surface area contributed by atoms with Gasteiger partial charge in [0, 0.05) is 32.0 Å². The van der Waals surface area contributed by atoms with Crippen LogP contribution in [0.2, 0.25) is 0 Å². The number of carbonyl (C=O) groups is 2. The second kappa shape index (κ2) is 6.41. The summed E-state index contributed by atoms with van der Waals surface area (Å²) in [5.41, 5.74) is 0.388. The average Bonchev–Trinajstić information content (AvgIpc) is 2.52. The molecule has 0 radical (unpaired) electrons. The number of sulfonamides is 1. The summed E-state index contributed by atoms with van der Waals surface area (Å²) in [6.45, 7) is 0.201. The van der Waals surface area contributed by atoms with Crippen LogP contribution in [0.4, 0.5) is 0 Å². The van der Waals surface area contributed by atoms with Gasteiger partial charge in [0.25, 0.3) is 5.91 Å². The van der Waals surface area contributed by atoms with Gasteiger partial charge < -0.3 is 9.64 Å². The number of hydrogen-bond donors (Lipinski definition) is 0. The number of aromatic nitrogens is 1. The molecular formula is C13H17N3O5S. The number of esters is 1. The summed E-state index contributed by atoms with van der Waals surface area (Å²) in [4.78, 5) is 29.5. The van der Waals surface area contributed by atoms with E-state index in [0.717, 1.165) is 10.6 Å². The molecule has 0 N–H and O–H groups in total. The number of pyridine rings is 1. The van der Waals surface area contributed by atoms with Gasteiger partial charge in [-0.3, -0.25) is 14.6 Å². The van der Waals surface area contributed by atoms with E-state index in [9.17, 15) is 18.0 Å². The van der Waals surface area contributed by atoms with Crippen molar-refractivity contribution in [3.8, 4) is 0 Å². The molecule has 1 aliphatic heterocycles. The molecular weight excluding hydrogens is 310 g/mol. The first-order valence-corrected chi connectivity index (χ1v) is 8.43. The predicted molar refractivity (Wildman–Crippen MR) is 77.5 cm³/mol. The highest BCUT2D eigenvalue weighted by Crippen LogP contribution is 2.17. The summed E-state index contributed by atoms with van der Waals surface area (Å²) in [6.07, 6.45) is 4.01. The third kappa shape index (κ3) is 3.42. The Morgan fingerprint density at radius 2 is 2.09 bits per heavy atom. The number of nitrogens with zero attached hydrogens (tertiary/aromatic N) is 3. The highest BCUT2D eigenvalue weighted by molar-refractivity contribution is 7.88. The number of amides is 1. The minimum atomic E-state index is -3.56. The van der Waals surface area contributed by atoms with Crippen LogP contribution < -0.4 is 0 Å². The standard InChI is InChI=1S/C13H17N3O5S/c1-21-13(18)11-9-15(6-7-16(11)22(2,19)20)12(17)10-4-3-5-14-8-10/h3-5,8,11H,6-7,9H2,1-2H3/t11-/m1/s1. The quantitative estimate of drug-likeness (QED) is 0.684. The maximum Gasteiger partial charge on any atom is 0.326 e. The molecule has 22 heavy (non-hydrogen) atoms. The average molecular weight is 327 g/mol. The van der Waals surface area contributed by atoms with Crippen molar-refractivity contribution < 1.29 is 22.7 Å². The second-order valence-electron chi connectivity index (χ2n) is 4.91. The lowest BCUT2D eigenvalue weighted by Crippen LogP contribution is -2.59. The molecule has 0 bridgehead atoms. The number of methoxy groups -OCH3 is 1. The van der Waals surface area contributed by atoms with E-state index in [4.69, 9.17) is 0 Å². The number of rotatable bonds is 3. The Hall–Kier alpha value is -2.00. The van der Waals surface area contributed by atoms with Crippen LogP contribution >= 0.6 is 0 Å². The Balaban J connectivity index is 2.22. The number of ether oxygens (including phenoxy) is 1. The van der Waals surface area contributed by atoms with Gasteiger partial charge in [-0.1, -0.05) is 0 Å². The highest BCUT2D eigenvalue weighted by atomic mass is 32.2. The van der Waals surface area contributed by atoms with Crippen LogP contribution in [0.25, 0.3) is 0 Å². The van der Waals surface area contributed by atoms with Gasteiger partial charge in [-0.05, 0) is 12.1 Å². The molecule has 0 aromatic carbocycles. The lowest BCUT2D eigenvalue weighted by atomic mass is 10.1. The molecule has 0 aliphatic carbocycles. The Bertz CT molecular complexity index is 662. The molecule has 0 unspecified atom stereocenters. The lowest BCUT2D eigenvalue weighted by Gasteiger charge is -2.38. The molecule has 8 nitrogen and oxygen atoms in total. The van der Waals surface area contributed by atoms with Gasteiger partial charge in [0.05, 0.1) is 18.9 Å². The van der Waals surface area contributed by atoms with Crippen LogP contribution in [0.3, 0.4) is 0 Å². The largest absolute Gasteiger partial charge is 0.468 e. The van der Waals surface area contributed by atoms with Crippen LogP contribution in [0.5, 0.6) is 0 Å². The van der Waals surface area contributed by atoms with Crippen LogP contribution in [-0.2, 0) is 19.6 Å². The zero-order valence-corrected chi connectivity index (χ0v) is 13.1. The molecule has 0 saturated carbocycles. The van der Waals surface area contributed by atoms with Crippen molar-refractivity contribution in [3.63, 3.8) is 0 Å². The SMILES string of the molecule is COC(=O)[C@H]1CN(C(=O)c2cccnc2)CCN1S(C)(=O)=O. The van der Waals surface area contributed by atoms with Crippen molar-refractivity contribution in [2.24, 2.45) is 0 Å². The van der Waals surface area contributed by atoms with Gasteiger partial charge in [-0.2, -0.15) is 4.31 Å². The van der Waals surface area contributed by atoms with E-state index in [1.165, 1.54) is 18.2 Å². The van der Waals surface area contributed by atoms with Crippen molar-refractivity contribution in [2.75, 3.05) is 33.0 Å². The van der Waals surface area contributed by atoms with E-state index >= 15 is 0 Å². The maximum atomic E-state index is 12.4. The number of piperazine rings is 1. The highest BCUT2D eigenvalue weighted by Gasteiger charge is 2.39. The van der Waals surface area contributed by atoms with Crippen molar-refractivity contribution in [1.82, 2.24) is 14.2 Å². The fourth-order valence-corrected chi connectivity index (χ4v) is 3.38.